The fourth-order valence-corrected chi connectivity index (χ4v) is 3.49. The van der Waals surface area contributed by atoms with Crippen LogP contribution in [0.4, 0.5) is 0 Å². The molecule has 0 bridgehead atoms. The minimum absolute atomic E-state index is 0.0774. The Morgan fingerprint density at radius 2 is 1.90 bits per heavy atom. The van der Waals surface area contributed by atoms with Gasteiger partial charge in [-0.25, -0.2) is 17.9 Å². The highest BCUT2D eigenvalue weighted by Crippen LogP contribution is 2.49. The Balaban J connectivity index is 2.05. The molecule has 1 aromatic carbocycles. The third-order valence-corrected chi connectivity index (χ3v) is 5.20. The molecule has 1 fully saturated rings. The first-order valence-electron chi connectivity index (χ1n) is 6.72. The van der Waals surface area contributed by atoms with E-state index in [0.717, 1.165) is 25.7 Å². The SMILES string of the molecule is CCCC1(CNS(=O)(=O)c2ccc(C(=O)O)cc2)CC1. The van der Waals surface area contributed by atoms with Gasteiger partial charge in [0.15, 0.2) is 0 Å². The monoisotopic (exact) mass is 297 g/mol. The number of carboxylic acids is 1. The van der Waals surface area contributed by atoms with Gasteiger partial charge in [-0.1, -0.05) is 13.3 Å². The normalized spacial score (nSPS) is 16.9. The predicted molar refractivity (Wildman–Crippen MR) is 75.2 cm³/mol. The molecule has 20 heavy (non-hydrogen) atoms. The summed E-state index contributed by atoms with van der Waals surface area (Å²) in [7, 11) is -3.56. The average molecular weight is 297 g/mol. The van der Waals surface area contributed by atoms with Gasteiger partial charge in [0.1, 0.15) is 0 Å². The Bertz CT molecular complexity index is 588. The maximum absolute atomic E-state index is 12.1. The van der Waals surface area contributed by atoms with Crippen molar-refractivity contribution in [2.45, 2.75) is 37.5 Å². The van der Waals surface area contributed by atoms with Crippen molar-refractivity contribution >= 4 is 16.0 Å². The van der Waals surface area contributed by atoms with Crippen molar-refractivity contribution in [2.24, 2.45) is 5.41 Å². The lowest BCUT2D eigenvalue weighted by Crippen LogP contribution is -2.30. The number of nitrogens with one attached hydrogen (secondary N) is 1. The molecule has 0 aliphatic heterocycles. The van der Waals surface area contributed by atoms with Crippen molar-refractivity contribution in [1.82, 2.24) is 4.72 Å². The molecule has 0 radical (unpaired) electrons. The van der Waals surface area contributed by atoms with Crippen LogP contribution in [-0.2, 0) is 10.0 Å². The highest BCUT2D eigenvalue weighted by atomic mass is 32.2. The summed E-state index contributed by atoms with van der Waals surface area (Å²) >= 11 is 0. The molecule has 2 N–H and O–H groups in total. The second-order valence-corrected chi connectivity index (χ2v) is 7.17. The number of hydrogen-bond acceptors (Lipinski definition) is 3. The summed E-state index contributed by atoms with van der Waals surface area (Å²) in [5.74, 6) is -1.07. The van der Waals surface area contributed by atoms with E-state index in [4.69, 9.17) is 5.11 Å². The van der Waals surface area contributed by atoms with E-state index in [9.17, 15) is 13.2 Å². The molecule has 0 saturated heterocycles. The Hall–Kier alpha value is -1.40. The van der Waals surface area contributed by atoms with Crippen LogP contribution in [-0.4, -0.2) is 26.0 Å². The Morgan fingerprint density at radius 1 is 1.30 bits per heavy atom. The van der Waals surface area contributed by atoms with Crippen LogP contribution in [0.5, 0.6) is 0 Å². The number of sulfonamides is 1. The van der Waals surface area contributed by atoms with Gasteiger partial charge in [-0.05, 0) is 48.9 Å². The molecule has 1 saturated carbocycles. The van der Waals surface area contributed by atoms with E-state index in [1.54, 1.807) is 0 Å². The van der Waals surface area contributed by atoms with Crippen LogP contribution in [0.3, 0.4) is 0 Å². The van der Waals surface area contributed by atoms with Gasteiger partial charge in [-0.3, -0.25) is 0 Å². The average Bonchev–Trinajstić information content (AvgIpc) is 3.18. The molecular formula is C14H19NO4S. The minimum Gasteiger partial charge on any atom is -0.478 e. The second kappa shape index (κ2) is 5.54. The summed E-state index contributed by atoms with van der Waals surface area (Å²) < 4.78 is 26.9. The summed E-state index contributed by atoms with van der Waals surface area (Å²) in [5.41, 5.74) is 0.219. The fraction of sp³-hybridized carbons (Fsp3) is 0.500. The van der Waals surface area contributed by atoms with Gasteiger partial charge in [0.25, 0.3) is 0 Å². The first kappa shape index (κ1) is 15.0. The summed E-state index contributed by atoms with van der Waals surface area (Å²) in [5, 5.41) is 8.79. The smallest absolute Gasteiger partial charge is 0.335 e. The van der Waals surface area contributed by atoms with Gasteiger partial charge in [-0.2, -0.15) is 0 Å². The molecule has 0 amide bonds. The largest absolute Gasteiger partial charge is 0.478 e. The number of carbonyl (C=O) groups is 1. The zero-order chi connectivity index (χ0) is 14.8. The lowest BCUT2D eigenvalue weighted by atomic mass is 10.0. The number of benzene rings is 1. The molecule has 1 aliphatic rings. The van der Waals surface area contributed by atoms with Crippen LogP contribution in [0.2, 0.25) is 0 Å². The first-order valence-corrected chi connectivity index (χ1v) is 8.20. The zero-order valence-electron chi connectivity index (χ0n) is 11.4. The third kappa shape index (κ3) is 3.37. The second-order valence-electron chi connectivity index (χ2n) is 5.40. The van der Waals surface area contributed by atoms with Crippen LogP contribution >= 0.6 is 0 Å². The first-order chi connectivity index (χ1) is 9.38. The van der Waals surface area contributed by atoms with Crippen molar-refractivity contribution in [3.63, 3.8) is 0 Å². The molecule has 5 nitrogen and oxygen atoms in total. The van der Waals surface area contributed by atoms with Gasteiger partial charge < -0.3 is 5.11 Å². The number of carboxylic acid groups (broad SMARTS) is 1. The topological polar surface area (TPSA) is 83.5 Å². The molecule has 1 aliphatic carbocycles. The van der Waals surface area contributed by atoms with Gasteiger partial charge in [0, 0.05) is 6.54 Å². The molecule has 0 spiro atoms. The molecule has 6 heteroatoms. The van der Waals surface area contributed by atoms with Gasteiger partial charge in [-0.15, -0.1) is 0 Å². The maximum Gasteiger partial charge on any atom is 0.335 e. The number of rotatable bonds is 7. The Kier molecular flexibility index (Phi) is 4.15. The van der Waals surface area contributed by atoms with Crippen LogP contribution in [0, 0.1) is 5.41 Å². The van der Waals surface area contributed by atoms with Crippen molar-refractivity contribution in [2.75, 3.05) is 6.54 Å². The molecule has 0 unspecified atom stereocenters. The third-order valence-electron chi connectivity index (χ3n) is 3.79. The van der Waals surface area contributed by atoms with Crippen LogP contribution in [0.15, 0.2) is 29.2 Å². The van der Waals surface area contributed by atoms with E-state index in [-0.39, 0.29) is 15.9 Å². The molecule has 0 aromatic heterocycles. The quantitative estimate of drug-likeness (QED) is 0.808. The maximum atomic E-state index is 12.1. The molecule has 2 rings (SSSR count). The summed E-state index contributed by atoms with van der Waals surface area (Å²) in [6, 6.07) is 5.25. The molecular weight excluding hydrogens is 278 g/mol. The predicted octanol–water partition coefficient (Wildman–Crippen LogP) is 2.24. The van der Waals surface area contributed by atoms with Crippen LogP contribution in [0.25, 0.3) is 0 Å². The summed E-state index contributed by atoms with van der Waals surface area (Å²) in [6.07, 6.45) is 4.23. The van der Waals surface area contributed by atoms with Gasteiger partial charge >= 0.3 is 5.97 Å². The molecule has 0 atom stereocenters. The number of hydrogen-bond donors (Lipinski definition) is 2. The standard InChI is InChI=1S/C14H19NO4S/c1-2-7-14(8-9-14)10-15-20(18,19)12-5-3-11(4-6-12)13(16)17/h3-6,15H,2,7-10H2,1H3,(H,16,17). The van der Waals surface area contributed by atoms with Gasteiger partial charge in [0.05, 0.1) is 10.5 Å². The molecule has 1 aromatic rings. The van der Waals surface area contributed by atoms with Crippen LogP contribution in [0.1, 0.15) is 43.0 Å². The highest BCUT2D eigenvalue weighted by molar-refractivity contribution is 7.89. The van der Waals surface area contributed by atoms with Crippen molar-refractivity contribution in [3.05, 3.63) is 29.8 Å². The van der Waals surface area contributed by atoms with Crippen molar-refractivity contribution in [1.29, 1.82) is 0 Å². The minimum atomic E-state index is -3.56. The highest BCUT2D eigenvalue weighted by Gasteiger charge is 2.42. The zero-order valence-corrected chi connectivity index (χ0v) is 12.2. The fourth-order valence-electron chi connectivity index (χ4n) is 2.33. The van der Waals surface area contributed by atoms with Gasteiger partial charge in [0.2, 0.25) is 10.0 Å². The van der Waals surface area contributed by atoms with E-state index >= 15 is 0 Å². The lowest BCUT2D eigenvalue weighted by molar-refractivity contribution is 0.0696. The summed E-state index contributed by atoms with van der Waals surface area (Å²) in [4.78, 5) is 10.8. The van der Waals surface area contributed by atoms with E-state index in [1.807, 2.05) is 0 Å². The van der Waals surface area contributed by atoms with Crippen molar-refractivity contribution < 1.29 is 18.3 Å². The van der Waals surface area contributed by atoms with E-state index in [2.05, 4.69) is 11.6 Å². The lowest BCUT2D eigenvalue weighted by Gasteiger charge is -2.15. The molecule has 110 valence electrons. The Morgan fingerprint density at radius 3 is 2.35 bits per heavy atom. The van der Waals surface area contributed by atoms with E-state index in [0.29, 0.717) is 6.54 Å². The number of aromatic carboxylic acids is 1. The summed E-state index contributed by atoms with van der Waals surface area (Å²) in [6.45, 7) is 2.56. The van der Waals surface area contributed by atoms with Crippen LogP contribution < -0.4 is 4.72 Å². The van der Waals surface area contributed by atoms with E-state index < -0.39 is 16.0 Å². The Labute approximate surface area is 119 Å². The molecule has 0 heterocycles. The van der Waals surface area contributed by atoms with Crippen molar-refractivity contribution in [3.8, 4) is 0 Å². The van der Waals surface area contributed by atoms with E-state index in [1.165, 1.54) is 24.3 Å².